The number of carbonyl (C=O) groups is 6. The lowest BCUT2D eigenvalue weighted by Crippen LogP contribution is -2.57. The number of carboxylic acids is 2. The number of carbonyl (C=O) groups excluding carboxylic acids is 4. The van der Waals surface area contributed by atoms with Crippen molar-refractivity contribution < 1.29 is 70.9 Å². The number of benzene rings is 3. The summed E-state index contributed by atoms with van der Waals surface area (Å²) in [5.74, 6) is -12.1. The van der Waals surface area contributed by atoms with Crippen molar-refractivity contribution in [2.24, 2.45) is 5.73 Å². The smallest absolute Gasteiger partial charge is 0.399 e. The molecule has 53 heavy (non-hydrogen) atoms. The van der Waals surface area contributed by atoms with Crippen LogP contribution in [0.1, 0.15) is 45.5 Å². The largest absolute Gasteiger partial charge is 0.481 e. The van der Waals surface area contributed by atoms with Crippen molar-refractivity contribution in [3.8, 4) is 0 Å². The maximum Gasteiger partial charge on any atom is 0.399 e. The molecule has 0 saturated heterocycles. The highest BCUT2D eigenvalue weighted by Gasteiger charge is 2.50. The van der Waals surface area contributed by atoms with Gasteiger partial charge in [0, 0.05) is 36.0 Å². The first kappa shape index (κ1) is 41.8. The van der Waals surface area contributed by atoms with Crippen molar-refractivity contribution in [2.75, 3.05) is 0 Å². The Kier molecular flexibility index (Phi) is 13.6. The molecule has 0 fully saturated rings. The van der Waals surface area contributed by atoms with E-state index in [0.717, 1.165) is 36.4 Å². The summed E-state index contributed by atoms with van der Waals surface area (Å²) in [4.78, 5) is 92.7. The van der Waals surface area contributed by atoms with Gasteiger partial charge in [-0.2, -0.15) is 17.6 Å². The number of nitrogens with two attached hydrogens (primary N) is 1. The van der Waals surface area contributed by atoms with Gasteiger partial charge in [0.1, 0.15) is 18.1 Å². The summed E-state index contributed by atoms with van der Waals surface area (Å²) in [5, 5.41) is 25.0. The Balaban J connectivity index is 1.92. The topological polar surface area (TPSA) is 263 Å². The van der Waals surface area contributed by atoms with Crippen LogP contribution in [0.4, 0.5) is 17.6 Å². The molecule has 0 heterocycles. The fourth-order valence-electron chi connectivity index (χ4n) is 4.80. The molecule has 0 aliphatic heterocycles. The molecule has 0 saturated carbocycles. The number of hydrogen-bond donors (Lipinski definition) is 8. The monoisotopic (exact) mass is 768 g/mol. The zero-order valence-corrected chi connectivity index (χ0v) is 28.1. The van der Waals surface area contributed by atoms with E-state index in [9.17, 15) is 56.0 Å². The molecule has 15 nitrogen and oxygen atoms in total. The Morgan fingerprint density at radius 2 is 1.15 bits per heavy atom. The molecule has 3 atom stereocenters. The van der Waals surface area contributed by atoms with Gasteiger partial charge in [-0.05, 0) is 29.7 Å². The predicted molar refractivity (Wildman–Crippen MR) is 175 cm³/mol. The van der Waals surface area contributed by atoms with E-state index < -0.39 is 110 Å². The van der Waals surface area contributed by atoms with Crippen LogP contribution in [0.2, 0.25) is 0 Å². The average Bonchev–Trinajstić information content (AvgIpc) is 3.09. The highest BCUT2D eigenvalue weighted by molar-refractivity contribution is 7.52. The fourth-order valence-corrected chi connectivity index (χ4v) is 5.28. The molecular formula is C33H33F4N4O11P. The van der Waals surface area contributed by atoms with Crippen molar-refractivity contribution in [1.82, 2.24) is 16.0 Å². The standard InChI is InChI=1S/C33H33F4N4O11P/c34-32(35,31(48)49)21-10-6-18(7-11-21)16-24(27(38)44)40-30(47)25(17-19-8-12-22(13-9-19)33(36,37)53(50,51)52)41-29(46)23(14-15-26(42)43)39-28(45)20-4-2-1-3-5-20/h1-13,23-25H,14-17H2,(H2,38,44)(H,39,45)(H,40,47)(H,41,46)(H,42,43)(H,48,49)(H2,50,51,52)/t23-,24?,25?/m0/s1. The molecule has 0 aromatic heterocycles. The number of rotatable bonds is 18. The van der Waals surface area contributed by atoms with Crippen LogP contribution in [0.25, 0.3) is 0 Å². The molecule has 2 unspecified atom stereocenters. The molecule has 9 N–H and O–H groups in total. The molecule has 284 valence electrons. The second-order valence-electron chi connectivity index (χ2n) is 11.6. The van der Waals surface area contributed by atoms with E-state index in [0.29, 0.717) is 12.1 Å². The van der Waals surface area contributed by atoms with Gasteiger partial charge in [0.2, 0.25) is 17.7 Å². The zero-order valence-electron chi connectivity index (χ0n) is 27.2. The maximum atomic E-state index is 14.2. The number of amides is 4. The van der Waals surface area contributed by atoms with Crippen LogP contribution >= 0.6 is 7.60 Å². The van der Waals surface area contributed by atoms with Gasteiger partial charge < -0.3 is 41.7 Å². The van der Waals surface area contributed by atoms with E-state index in [4.69, 9.17) is 20.6 Å². The number of alkyl halides is 4. The van der Waals surface area contributed by atoms with Crippen LogP contribution in [0.5, 0.6) is 0 Å². The Labute approximate surface area is 297 Å². The summed E-state index contributed by atoms with van der Waals surface area (Å²) in [7, 11) is -5.93. The van der Waals surface area contributed by atoms with Gasteiger partial charge in [-0.25, -0.2) is 4.79 Å². The summed E-state index contributed by atoms with van der Waals surface area (Å²) < 4.78 is 67.6. The quantitative estimate of drug-likeness (QED) is 0.0685. The van der Waals surface area contributed by atoms with Crippen molar-refractivity contribution >= 4 is 43.2 Å². The van der Waals surface area contributed by atoms with Gasteiger partial charge in [-0.1, -0.05) is 66.7 Å². The Hall–Kier alpha value is -5.65. The Morgan fingerprint density at radius 3 is 1.62 bits per heavy atom. The Morgan fingerprint density at radius 1 is 0.679 bits per heavy atom. The molecule has 4 amide bonds. The predicted octanol–water partition coefficient (Wildman–Crippen LogP) is 1.99. The van der Waals surface area contributed by atoms with E-state index in [1.807, 2.05) is 0 Å². The lowest BCUT2D eigenvalue weighted by Gasteiger charge is -2.25. The molecule has 3 rings (SSSR count). The van der Waals surface area contributed by atoms with Gasteiger partial charge in [0.25, 0.3) is 5.91 Å². The van der Waals surface area contributed by atoms with Gasteiger partial charge in [-0.3, -0.25) is 28.5 Å². The third kappa shape index (κ3) is 11.2. The summed E-state index contributed by atoms with van der Waals surface area (Å²) in [6.45, 7) is 0. The normalized spacial score (nSPS) is 13.5. The van der Waals surface area contributed by atoms with E-state index in [1.54, 1.807) is 6.07 Å². The summed E-state index contributed by atoms with van der Waals surface area (Å²) >= 11 is 0. The van der Waals surface area contributed by atoms with Gasteiger partial charge in [0.05, 0.1) is 0 Å². The van der Waals surface area contributed by atoms with Gasteiger partial charge >= 0.3 is 31.1 Å². The molecule has 0 aliphatic carbocycles. The van der Waals surface area contributed by atoms with Crippen molar-refractivity contribution in [3.63, 3.8) is 0 Å². The second kappa shape index (κ2) is 17.2. The van der Waals surface area contributed by atoms with Crippen molar-refractivity contribution in [1.29, 1.82) is 0 Å². The van der Waals surface area contributed by atoms with Gasteiger partial charge in [-0.15, -0.1) is 0 Å². The number of primary amides is 1. The highest BCUT2D eigenvalue weighted by atomic mass is 31.2. The van der Waals surface area contributed by atoms with E-state index in [1.165, 1.54) is 24.3 Å². The van der Waals surface area contributed by atoms with Crippen LogP contribution in [-0.2, 0) is 53.0 Å². The first-order chi connectivity index (χ1) is 24.6. The first-order valence-electron chi connectivity index (χ1n) is 15.3. The Bertz CT molecular complexity index is 1880. The average molecular weight is 769 g/mol. The molecule has 0 aliphatic rings. The number of aliphatic carboxylic acids is 2. The van der Waals surface area contributed by atoms with Crippen LogP contribution in [0, 0.1) is 0 Å². The summed E-state index contributed by atoms with van der Waals surface area (Å²) in [5.41, 5.74) is -0.770. The third-order valence-electron chi connectivity index (χ3n) is 7.73. The van der Waals surface area contributed by atoms with Crippen LogP contribution in [0.3, 0.4) is 0 Å². The minimum absolute atomic E-state index is 0.0386. The SMILES string of the molecule is NC(=O)C(Cc1ccc(C(F)(F)C(=O)O)cc1)NC(=O)C(Cc1ccc(C(F)(F)P(=O)(O)O)cc1)NC(=O)[C@H](CCC(=O)O)NC(=O)c1ccccc1. The first-order valence-corrected chi connectivity index (χ1v) is 17.0. The van der Waals surface area contributed by atoms with Crippen molar-refractivity contribution in [3.05, 3.63) is 107 Å². The number of nitrogens with one attached hydrogen (secondary N) is 3. The van der Waals surface area contributed by atoms with Crippen LogP contribution in [-0.4, -0.2) is 73.7 Å². The molecule has 0 spiro atoms. The second-order valence-corrected chi connectivity index (χ2v) is 13.3. The zero-order chi connectivity index (χ0) is 39.7. The van der Waals surface area contributed by atoms with Gasteiger partial charge in [0.15, 0.2) is 0 Å². The molecule has 3 aromatic carbocycles. The lowest BCUT2D eigenvalue weighted by atomic mass is 9.99. The van der Waals surface area contributed by atoms with E-state index in [2.05, 4.69) is 16.0 Å². The molecular weight excluding hydrogens is 735 g/mol. The van der Waals surface area contributed by atoms with E-state index >= 15 is 0 Å². The maximum absolute atomic E-state index is 14.2. The molecule has 0 radical (unpaired) electrons. The minimum Gasteiger partial charge on any atom is -0.481 e. The molecule has 20 heteroatoms. The summed E-state index contributed by atoms with van der Waals surface area (Å²) in [6.07, 6.45) is -2.01. The number of hydrogen-bond acceptors (Lipinski definition) is 7. The van der Waals surface area contributed by atoms with Crippen LogP contribution in [0.15, 0.2) is 78.9 Å². The molecule has 0 bridgehead atoms. The van der Waals surface area contributed by atoms with E-state index in [-0.39, 0.29) is 16.7 Å². The fraction of sp³-hybridized carbons (Fsp3) is 0.273. The van der Waals surface area contributed by atoms with Crippen molar-refractivity contribution in [2.45, 2.75) is 55.4 Å². The molecule has 3 aromatic rings. The van der Waals surface area contributed by atoms with Crippen LogP contribution < -0.4 is 21.7 Å². The number of halogens is 4. The highest BCUT2D eigenvalue weighted by Crippen LogP contribution is 2.59. The number of carboxylic acid groups (broad SMARTS) is 2. The minimum atomic E-state index is -5.93. The lowest BCUT2D eigenvalue weighted by molar-refractivity contribution is -0.166. The summed E-state index contributed by atoms with van der Waals surface area (Å²) in [6, 6.07) is 9.65. The third-order valence-corrected chi connectivity index (χ3v) is 8.72.